The van der Waals surface area contributed by atoms with E-state index in [1.165, 1.54) is 15.8 Å². The standard InChI is InChI=1S/C36H38N8O3/c1-42(2)33-29-20-31(35(47)43(23-32(37)46)22-25-8-4-3-5-9-25)44(19-17-24-12-14-27(45)15-13-24)34(29)41-36(40-33)38-18-16-26-21-39-30-11-7-6-10-28(26)30/h3-15,20-21,39,45H,16-19,22-23H2,1-2H3,(H2,37,46)(H,38,40,41). The van der Waals surface area contributed by atoms with E-state index >= 15 is 0 Å². The molecule has 0 unspecified atom stereocenters. The van der Waals surface area contributed by atoms with Crippen molar-refractivity contribution in [3.8, 4) is 5.75 Å². The van der Waals surface area contributed by atoms with E-state index in [9.17, 15) is 14.7 Å². The Morgan fingerprint density at radius 2 is 1.66 bits per heavy atom. The number of aryl methyl sites for hydroxylation is 2. The molecule has 0 aliphatic rings. The number of carbonyl (C=O) groups is 2. The van der Waals surface area contributed by atoms with Crippen LogP contribution in [0.25, 0.3) is 21.9 Å². The fraction of sp³-hybridized carbons (Fsp3) is 0.222. The quantitative estimate of drug-likeness (QED) is 0.145. The van der Waals surface area contributed by atoms with Crippen molar-refractivity contribution in [1.82, 2.24) is 24.4 Å². The summed E-state index contributed by atoms with van der Waals surface area (Å²) in [6.07, 6.45) is 3.36. The molecule has 5 N–H and O–H groups in total. The molecule has 6 aromatic rings. The molecule has 0 aliphatic heterocycles. The molecular formula is C36H38N8O3. The number of aromatic nitrogens is 4. The van der Waals surface area contributed by atoms with Crippen molar-refractivity contribution in [3.63, 3.8) is 0 Å². The van der Waals surface area contributed by atoms with Crippen LogP contribution in [0.3, 0.4) is 0 Å². The number of fused-ring (bicyclic) bond motifs is 2. The summed E-state index contributed by atoms with van der Waals surface area (Å²) in [5.41, 5.74) is 10.7. The van der Waals surface area contributed by atoms with Gasteiger partial charge in [0.25, 0.3) is 5.91 Å². The van der Waals surface area contributed by atoms with E-state index in [2.05, 4.69) is 22.4 Å². The first kappa shape index (κ1) is 31.2. The number of carbonyl (C=O) groups excluding carboxylic acids is 2. The van der Waals surface area contributed by atoms with Crippen LogP contribution in [-0.4, -0.2) is 68.5 Å². The number of nitrogens with zero attached hydrogens (tertiary/aromatic N) is 5. The lowest BCUT2D eigenvalue weighted by Crippen LogP contribution is -2.39. The molecule has 0 aliphatic carbocycles. The normalized spacial score (nSPS) is 11.2. The lowest BCUT2D eigenvalue weighted by molar-refractivity contribution is -0.118. The number of phenolic OH excluding ortho intramolecular Hbond substituents is 1. The van der Waals surface area contributed by atoms with Crippen LogP contribution in [-0.2, 0) is 30.7 Å². The lowest BCUT2D eigenvalue weighted by atomic mass is 10.1. The molecular weight excluding hydrogens is 592 g/mol. The highest BCUT2D eigenvalue weighted by Gasteiger charge is 2.26. The molecule has 0 radical (unpaired) electrons. The smallest absolute Gasteiger partial charge is 0.271 e. The number of H-pyrrole nitrogens is 1. The van der Waals surface area contributed by atoms with E-state index in [1.54, 1.807) is 18.2 Å². The highest BCUT2D eigenvalue weighted by atomic mass is 16.3. The Balaban J connectivity index is 1.37. The van der Waals surface area contributed by atoms with Crippen LogP contribution in [0.4, 0.5) is 11.8 Å². The van der Waals surface area contributed by atoms with Crippen LogP contribution < -0.4 is 16.0 Å². The minimum atomic E-state index is -0.600. The van der Waals surface area contributed by atoms with E-state index in [0.717, 1.165) is 23.1 Å². The van der Waals surface area contributed by atoms with Gasteiger partial charge in [0.2, 0.25) is 11.9 Å². The van der Waals surface area contributed by atoms with Crippen LogP contribution in [0.2, 0.25) is 0 Å². The lowest BCUT2D eigenvalue weighted by Gasteiger charge is -2.22. The number of nitrogens with two attached hydrogens (primary N) is 1. The van der Waals surface area contributed by atoms with E-state index in [4.69, 9.17) is 15.7 Å². The highest BCUT2D eigenvalue weighted by Crippen LogP contribution is 2.29. The number of nitrogens with one attached hydrogen (secondary N) is 2. The minimum absolute atomic E-state index is 0.186. The molecule has 2 amide bonds. The summed E-state index contributed by atoms with van der Waals surface area (Å²) in [6, 6.07) is 26.5. The Kier molecular flexibility index (Phi) is 9.05. The molecule has 0 saturated carbocycles. The SMILES string of the molecule is CN(C)c1nc(NCCc2c[nH]c3ccccc23)nc2c1cc(C(=O)N(CC(N)=O)Cc1ccccc1)n2CCc1ccc(O)cc1. The van der Waals surface area contributed by atoms with Gasteiger partial charge in [-0.3, -0.25) is 9.59 Å². The molecule has 0 atom stereocenters. The van der Waals surface area contributed by atoms with Gasteiger partial charge in [0, 0.05) is 50.8 Å². The van der Waals surface area contributed by atoms with Crippen molar-refractivity contribution < 1.29 is 14.7 Å². The van der Waals surface area contributed by atoms with E-state index in [1.807, 2.05) is 84.4 Å². The minimum Gasteiger partial charge on any atom is -0.508 e. The third-order valence-corrected chi connectivity index (χ3v) is 8.14. The first-order valence-corrected chi connectivity index (χ1v) is 15.5. The average Bonchev–Trinajstić information content (AvgIpc) is 3.65. The molecule has 11 heteroatoms. The van der Waals surface area contributed by atoms with Gasteiger partial charge in [-0.15, -0.1) is 0 Å². The maximum Gasteiger partial charge on any atom is 0.271 e. The number of para-hydroxylation sites is 1. The second-order valence-electron chi connectivity index (χ2n) is 11.7. The summed E-state index contributed by atoms with van der Waals surface area (Å²) in [6.45, 7) is 1.00. The molecule has 0 fully saturated rings. The number of rotatable bonds is 13. The van der Waals surface area contributed by atoms with Gasteiger partial charge in [-0.1, -0.05) is 60.7 Å². The zero-order chi connectivity index (χ0) is 32.9. The van der Waals surface area contributed by atoms with Crippen LogP contribution in [0, 0.1) is 0 Å². The fourth-order valence-electron chi connectivity index (χ4n) is 5.84. The molecule has 0 bridgehead atoms. The van der Waals surface area contributed by atoms with Crippen molar-refractivity contribution in [2.45, 2.75) is 25.9 Å². The van der Waals surface area contributed by atoms with Crippen molar-refractivity contribution in [3.05, 3.63) is 114 Å². The van der Waals surface area contributed by atoms with E-state index < -0.39 is 5.91 Å². The molecule has 3 aromatic carbocycles. The third kappa shape index (κ3) is 7.04. The van der Waals surface area contributed by atoms with Gasteiger partial charge < -0.3 is 35.5 Å². The molecule has 0 spiro atoms. The van der Waals surface area contributed by atoms with Gasteiger partial charge in [0.05, 0.1) is 5.39 Å². The zero-order valence-corrected chi connectivity index (χ0v) is 26.5. The van der Waals surface area contributed by atoms with Crippen LogP contribution in [0.1, 0.15) is 27.2 Å². The summed E-state index contributed by atoms with van der Waals surface area (Å²) < 4.78 is 1.89. The summed E-state index contributed by atoms with van der Waals surface area (Å²) in [4.78, 5) is 42.9. The van der Waals surface area contributed by atoms with E-state index in [-0.39, 0.29) is 24.7 Å². The number of phenols is 1. The molecule has 47 heavy (non-hydrogen) atoms. The number of amides is 2. The molecule has 11 nitrogen and oxygen atoms in total. The van der Waals surface area contributed by atoms with Crippen LogP contribution >= 0.6 is 0 Å². The van der Waals surface area contributed by atoms with Crippen molar-refractivity contribution in [1.29, 1.82) is 0 Å². The second kappa shape index (κ2) is 13.7. The molecule has 0 saturated heterocycles. The van der Waals surface area contributed by atoms with Gasteiger partial charge in [-0.05, 0) is 53.8 Å². The number of hydrogen-bond acceptors (Lipinski definition) is 7. The number of hydrogen-bond donors (Lipinski definition) is 4. The Morgan fingerprint density at radius 3 is 2.40 bits per heavy atom. The van der Waals surface area contributed by atoms with Gasteiger partial charge in [0.1, 0.15) is 29.5 Å². The van der Waals surface area contributed by atoms with Crippen LogP contribution in [0.5, 0.6) is 5.75 Å². The maximum absolute atomic E-state index is 14.3. The third-order valence-electron chi connectivity index (χ3n) is 8.14. The first-order valence-electron chi connectivity index (χ1n) is 15.5. The predicted molar refractivity (Wildman–Crippen MR) is 185 cm³/mol. The van der Waals surface area contributed by atoms with Crippen LogP contribution in [0.15, 0.2) is 91.1 Å². The number of aromatic amines is 1. The topological polar surface area (TPSA) is 145 Å². The highest BCUT2D eigenvalue weighted by molar-refractivity contribution is 6.02. The molecule has 6 rings (SSSR count). The second-order valence-corrected chi connectivity index (χ2v) is 11.7. The summed E-state index contributed by atoms with van der Waals surface area (Å²) in [7, 11) is 3.81. The van der Waals surface area contributed by atoms with Gasteiger partial charge >= 0.3 is 0 Å². The number of benzene rings is 3. The fourth-order valence-corrected chi connectivity index (χ4v) is 5.84. The average molecular weight is 631 g/mol. The van der Waals surface area contributed by atoms with Gasteiger partial charge in [0.15, 0.2) is 0 Å². The maximum atomic E-state index is 14.3. The Hall–Kier alpha value is -5.84. The molecule has 3 heterocycles. The van der Waals surface area contributed by atoms with Crippen molar-refractivity contribution >= 4 is 45.5 Å². The first-order chi connectivity index (χ1) is 22.8. The largest absolute Gasteiger partial charge is 0.508 e. The summed E-state index contributed by atoms with van der Waals surface area (Å²) >= 11 is 0. The molecule has 3 aromatic heterocycles. The molecule has 240 valence electrons. The summed E-state index contributed by atoms with van der Waals surface area (Å²) in [5, 5.41) is 15.1. The van der Waals surface area contributed by atoms with Crippen molar-refractivity contribution in [2.75, 3.05) is 37.4 Å². The van der Waals surface area contributed by atoms with Crippen molar-refractivity contribution in [2.24, 2.45) is 5.73 Å². The monoisotopic (exact) mass is 630 g/mol. The van der Waals surface area contributed by atoms with Gasteiger partial charge in [-0.25, -0.2) is 0 Å². The Morgan fingerprint density at radius 1 is 0.915 bits per heavy atom. The number of anilines is 2. The Bertz CT molecular complexity index is 2020. The van der Waals surface area contributed by atoms with Gasteiger partial charge in [-0.2, -0.15) is 9.97 Å². The summed E-state index contributed by atoms with van der Waals surface area (Å²) in [5.74, 6) is 0.353. The van der Waals surface area contributed by atoms with E-state index in [0.29, 0.717) is 48.0 Å². The Labute approximate surface area is 272 Å². The number of primary amides is 1. The predicted octanol–water partition coefficient (Wildman–Crippen LogP) is 4.71. The number of aromatic hydroxyl groups is 1. The zero-order valence-electron chi connectivity index (χ0n) is 26.5.